The molecule has 2 N–H and O–H groups in total. The molecule has 0 fully saturated rings. The normalized spacial score (nSPS) is 11.1. The molecular weight excluding hydrogens is 364 g/mol. The summed E-state index contributed by atoms with van der Waals surface area (Å²) >= 11 is 0. The van der Waals surface area contributed by atoms with E-state index in [1.54, 1.807) is 19.0 Å². The zero-order valence-corrected chi connectivity index (χ0v) is 17.9. The largest absolute Gasteiger partial charge is 0.494 e. The number of hydrogen-bond acceptors (Lipinski definition) is 3. The van der Waals surface area contributed by atoms with Crippen molar-refractivity contribution in [1.29, 1.82) is 0 Å². The van der Waals surface area contributed by atoms with E-state index in [2.05, 4.69) is 21.7 Å². The fourth-order valence-electron chi connectivity index (χ4n) is 2.85. The maximum Gasteiger partial charge on any atom is 0.253 e. The Kier molecular flexibility index (Phi) is 9.02. The molecule has 0 heterocycles. The number of carbonyl (C=O) groups is 1. The van der Waals surface area contributed by atoms with Gasteiger partial charge in [-0.25, -0.2) is 4.99 Å². The fourth-order valence-corrected chi connectivity index (χ4v) is 2.85. The molecule has 2 aromatic rings. The third-order valence-electron chi connectivity index (χ3n) is 4.33. The van der Waals surface area contributed by atoms with Crippen molar-refractivity contribution in [2.75, 3.05) is 33.8 Å². The molecule has 1 amide bonds. The summed E-state index contributed by atoms with van der Waals surface area (Å²) in [4.78, 5) is 18.2. The van der Waals surface area contributed by atoms with Crippen LogP contribution in [0.4, 0.5) is 0 Å². The van der Waals surface area contributed by atoms with Gasteiger partial charge in [0.25, 0.3) is 5.91 Å². The topological polar surface area (TPSA) is 66.0 Å². The maximum atomic E-state index is 12.0. The average molecular weight is 397 g/mol. The van der Waals surface area contributed by atoms with Gasteiger partial charge in [0, 0.05) is 32.7 Å². The van der Waals surface area contributed by atoms with E-state index in [1.807, 2.05) is 56.3 Å². The van der Waals surface area contributed by atoms with E-state index in [1.165, 1.54) is 5.56 Å². The third-order valence-corrected chi connectivity index (χ3v) is 4.33. The number of amides is 1. The highest BCUT2D eigenvalue weighted by molar-refractivity contribution is 5.93. The number of rotatable bonds is 9. The summed E-state index contributed by atoms with van der Waals surface area (Å²) in [5, 5.41) is 6.65. The molecule has 0 aliphatic carbocycles. The SMILES string of the molecule is CCNC(=NCc1ccc(C(=O)N(C)C)cc1)NCCc1ccccc1OCC. The second kappa shape index (κ2) is 11.7. The van der Waals surface area contributed by atoms with Gasteiger partial charge in [0.1, 0.15) is 5.75 Å². The highest BCUT2D eigenvalue weighted by Gasteiger charge is 2.07. The zero-order valence-electron chi connectivity index (χ0n) is 17.9. The molecule has 6 nitrogen and oxygen atoms in total. The monoisotopic (exact) mass is 396 g/mol. The molecule has 0 spiro atoms. The first-order valence-electron chi connectivity index (χ1n) is 10.1. The number of nitrogens with one attached hydrogen (secondary N) is 2. The van der Waals surface area contributed by atoms with Gasteiger partial charge in [0.15, 0.2) is 5.96 Å². The highest BCUT2D eigenvalue weighted by atomic mass is 16.5. The molecule has 0 atom stereocenters. The summed E-state index contributed by atoms with van der Waals surface area (Å²) in [5.74, 6) is 1.71. The molecule has 2 aromatic carbocycles. The van der Waals surface area contributed by atoms with Crippen LogP contribution in [-0.4, -0.2) is 50.6 Å². The molecule has 0 aromatic heterocycles. The number of nitrogens with zero attached hydrogens (tertiary/aromatic N) is 2. The summed E-state index contributed by atoms with van der Waals surface area (Å²) in [6.07, 6.45) is 0.849. The smallest absolute Gasteiger partial charge is 0.253 e. The van der Waals surface area contributed by atoms with Gasteiger partial charge in [0.2, 0.25) is 0 Å². The van der Waals surface area contributed by atoms with Crippen LogP contribution in [0, 0.1) is 0 Å². The summed E-state index contributed by atoms with van der Waals surface area (Å²) in [5.41, 5.74) is 2.92. The Morgan fingerprint density at radius 1 is 1.03 bits per heavy atom. The van der Waals surface area contributed by atoms with Gasteiger partial charge in [0.05, 0.1) is 13.2 Å². The van der Waals surface area contributed by atoms with Crippen LogP contribution in [0.15, 0.2) is 53.5 Å². The van der Waals surface area contributed by atoms with Crippen LogP contribution >= 0.6 is 0 Å². The summed E-state index contributed by atoms with van der Waals surface area (Å²) in [7, 11) is 3.50. The lowest BCUT2D eigenvalue weighted by molar-refractivity contribution is 0.0827. The van der Waals surface area contributed by atoms with Crippen LogP contribution in [-0.2, 0) is 13.0 Å². The molecule has 2 rings (SSSR count). The van der Waals surface area contributed by atoms with E-state index in [9.17, 15) is 4.79 Å². The highest BCUT2D eigenvalue weighted by Crippen LogP contribution is 2.18. The van der Waals surface area contributed by atoms with Crippen molar-refractivity contribution in [2.45, 2.75) is 26.8 Å². The van der Waals surface area contributed by atoms with Gasteiger partial charge in [-0.15, -0.1) is 0 Å². The van der Waals surface area contributed by atoms with E-state index >= 15 is 0 Å². The van der Waals surface area contributed by atoms with Crippen LogP contribution < -0.4 is 15.4 Å². The molecule has 0 radical (unpaired) electrons. The minimum Gasteiger partial charge on any atom is -0.494 e. The van der Waals surface area contributed by atoms with Crippen LogP contribution in [0.5, 0.6) is 5.75 Å². The number of guanidine groups is 1. The first kappa shape index (κ1) is 22.3. The first-order chi connectivity index (χ1) is 14.0. The van der Waals surface area contributed by atoms with Gasteiger partial charge < -0.3 is 20.3 Å². The second-order valence-electron chi connectivity index (χ2n) is 6.81. The van der Waals surface area contributed by atoms with Crippen molar-refractivity contribution in [3.63, 3.8) is 0 Å². The molecular formula is C23H32N4O2. The van der Waals surface area contributed by atoms with Gasteiger partial charge in [-0.2, -0.15) is 0 Å². The summed E-state index contributed by atoms with van der Waals surface area (Å²) < 4.78 is 5.69. The number of carbonyl (C=O) groups excluding carboxylic acids is 1. The van der Waals surface area contributed by atoms with Gasteiger partial charge in [-0.1, -0.05) is 30.3 Å². The Morgan fingerprint density at radius 2 is 1.76 bits per heavy atom. The maximum absolute atomic E-state index is 12.0. The lowest BCUT2D eigenvalue weighted by Gasteiger charge is -2.13. The predicted molar refractivity (Wildman–Crippen MR) is 119 cm³/mol. The van der Waals surface area contributed by atoms with Gasteiger partial charge >= 0.3 is 0 Å². The third kappa shape index (κ3) is 7.14. The van der Waals surface area contributed by atoms with E-state index in [0.717, 1.165) is 36.8 Å². The lowest BCUT2D eigenvalue weighted by Crippen LogP contribution is -2.38. The number of aliphatic imine (C=N–C) groups is 1. The van der Waals surface area contributed by atoms with E-state index in [4.69, 9.17) is 4.74 Å². The summed E-state index contributed by atoms with van der Waals surface area (Å²) in [6.45, 7) is 6.79. The fraction of sp³-hybridized carbons (Fsp3) is 0.391. The van der Waals surface area contributed by atoms with Crippen molar-refractivity contribution in [3.05, 3.63) is 65.2 Å². The van der Waals surface area contributed by atoms with E-state index in [-0.39, 0.29) is 5.91 Å². The summed E-state index contributed by atoms with van der Waals surface area (Å²) in [6, 6.07) is 15.7. The number of hydrogen-bond donors (Lipinski definition) is 2. The predicted octanol–water partition coefficient (Wildman–Crippen LogP) is 3.08. The Hall–Kier alpha value is -3.02. The zero-order chi connectivity index (χ0) is 21.1. The van der Waals surface area contributed by atoms with Gasteiger partial charge in [-0.05, 0) is 49.6 Å². The van der Waals surface area contributed by atoms with Crippen molar-refractivity contribution >= 4 is 11.9 Å². The Labute approximate surface area is 174 Å². The standard InChI is InChI=1S/C23H32N4O2/c1-5-24-23(25-16-15-19-9-7-8-10-21(19)29-6-2)26-17-18-11-13-20(14-12-18)22(28)27(3)4/h7-14H,5-6,15-17H2,1-4H3,(H2,24,25,26). The van der Waals surface area contributed by atoms with E-state index < -0.39 is 0 Å². The quantitative estimate of drug-likeness (QED) is 0.505. The molecule has 0 aliphatic rings. The van der Waals surface area contributed by atoms with Crippen LogP contribution in [0.2, 0.25) is 0 Å². The van der Waals surface area contributed by atoms with Crippen molar-refractivity contribution < 1.29 is 9.53 Å². The van der Waals surface area contributed by atoms with Gasteiger partial charge in [-0.3, -0.25) is 4.79 Å². The number of benzene rings is 2. The Bertz CT molecular complexity index is 801. The van der Waals surface area contributed by atoms with Crippen LogP contribution in [0.1, 0.15) is 35.3 Å². The molecule has 29 heavy (non-hydrogen) atoms. The molecule has 0 unspecified atom stereocenters. The number of ether oxygens (including phenoxy) is 1. The van der Waals surface area contributed by atoms with E-state index in [0.29, 0.717) is 18.7 Å². The van der Waals surface area contributed by atoms with Crippen molar-refractivity contribution in [2.24, 2.45) is 4.99 Å². The van der Waals surface area contributed by atoms with Crippen molar-refractivity contribution in [3.8, 4) is 5.75 Å². The minimum atomic E-state index is 0.00221. The van der Waals surface area contributed by atoms with Crippen LogP contribution in [0.3, 0.4) is 0 Å². The lowest BCUT2D eigenvalue weighted by atomic mass is 10.1. The van der Waals surface area contributed by atoms with Crippen LogP contribution in [0.25, 0.3) is 0 Å². The number of para-hydroxylation sites is 1. The molecule has 0 saturated carbocycles. The molecule has 156 valence electrons. The first-order valence-corrected chi connectivity index (χ1v) is 10.1. The second-order valence-corrected chi connectivity index (χ2v) is 6.81. The molecule has 6 heteroatoms. The molecule has 0 bridgehead atoms. The van der Waals surface area contributed by atoms with Crippen molar-refractivity contribution in [1.82, 2.24) is 15.5 Å². The molecule has 0 aliphatic heterocycles. The average Bonchev–Trinajstić information content (AvgIpc) is 2.73. The Morgan fingerprint density at radius 3 is 2.41 bits per heavy atom. The Balaban J connectivity index is 1.93. The molecule has 0 saturated heterocycles. The minimum absolute atomic E-state index is 0.00221.